The van der Waals surface area contributed by atoms with E-state index in [0.717, 1.165) is 13.0 Å². The molecular formula is C14H14Cl2N4O. The predicted octanol–water partition coefficient (Wildman–Crippen LogP) is 3.86. The number of amides is 1. The van der Waals surface area contributed by atoms with Crippen molar-refractivity contribution in [1.29, 1.82) is 0 Å². The van der Waals surface area contributed by atoms with Crippen LogP contribution in [0.25, 0.3) is 0 Å². The number of halogens is 2. The summed E-state index contributed by atoms with van der Waals surface area (Å²) in [6.07, 6.45) is 2.31. The number of benzene rings is 1. The molecule has 0 radical (unpaired) electrons. The van der Waals surface area contributed by atoms with Crippen molar-refractivity contribution in [2.75, 3.05) is 17.2 Å². The molecule has 21 heavy (non-hydrogen) atoms. The van der Waals surface area contributed by atoms with E-state index in [9.17, 15) is 4.79 Å². The Morgan fingerprint density at radius 2 is 1.86 bits per heavy atom. The van der Waals surface area contributed by atoms with Crippen LogP contribution in [0, 0.1) is 0 Å². The van der Waals surface area contributed by atoms with Gasteiger partial charge < -0.3 is 10.6 Å². The van der Waals surface area contributed by atoms with Crippen LogP contribution in [0.15, 0.2) is 30.6 Å². The summed E-state index contributed by atoms with van der Waals surface area (Å²) in [4.78, 5) is 20.2. The third-order valence-electron chi connectivity index (χ3n) is 2.58. The molecule has 1 amide bonds. The number of hydrogen-bond donors (Lipinski definition) is 2. The van der Waals surface area contributed by atoms with E-state index in [1.165, 1.54) is 6.33 Å². The fourth-order valence-electron chi connectivity index (χ4n) is 1.65. The molecule has 5 nitrogen and oxygen atoms in total. The first-order valence-electron chi connectivity index (χ1n) is 6.42. The molecule has 1 heterocycles. The number of nitrogens with zero attached hydrogens (tertiary/aromatic N) is 2. The van der Waals surface area contributed by atoms with E-state index in [2.05, 4.69) is 20.6 Å². The normalized spacial score (nSPS) is 10.2. The number of hydrogen-bond acceptors (Lipinski definition) is 4. The summed E-state index contributed by atoms with van der Waals surface area (Å²) < 4.78 is 0. The lowest BCUT2D eigenvalue weighted by Crippen LogP contribution is -2.14. The number of aromatic nitrogens is 2. The van der Waals surface area contributed by atoms with Crippen LogP contribution in [0.5, 0.6) is 0 Å². The molecule has 2 rings (SSSR count). The second-order valence-corrected chi connectivity index (χ2v) is 5.20. The highest BCUT2D eigenvalue weighted by atomic mass is 35.5. The van der Waals surface area contributed by atoms with Crippen LogP contribution in [0.1, 0.15) is 23.8 Å². The van der Waals surface area contributed by atoms with Gasteiger partial charge in [0.1, 0.15) is 17.8 Å². The second kappa shape index (κ2) is 7.24. The van der Waals surface area contributed by atoms with Gasteiger partial charge in [-0.15, -0.1) is 0 Å². The van der Waals surface area contributed by atoms with Gasteiger partial charge in [0.05, 0.1) is 0 Å². The lowest BCUT2D eigenvalue weighted by molar-refractivity contribution is 0.102. The first kappa shape index (κ1) is 15.5. The van der Waals surface area contributed by atoms with E-state index in [0.29, 0.717) is 21.6 Å². The Morgan fingerprint density at radius 3 is 2.52 bits per heavy atom. The average Bonchev–Trinajstić information content (AvgIpc) is 2.44. The molecule has 0 fully saturated rings. The minimum absolute atomic E-state index is 0.264. The second-order valence-electron chi connectivity index (χ2n) is 4.33. The number of nitrogens with one attached hydrogen (secondary N) is 2. The van der Waals surface area contributed by atoms with Gasteiger partial charge in [0.25, 0.3) is 5.91 Å². The molecule has 1 aromatic heterocycles. The first-order valence-corrected chi connectivity index (χ1v) is 7.17. The molecule has 1 aromatic carbocycles. The van der Waals surface area contributed by atoms with Gasteiger partial charge in [-0.1, -0.05) is 30.1 Å². The zero-order valence-corrected chi connectivity index (χ0v) is 12.9. The molecule has 0 unspecified atom stereocenters. The van der Waals surface area contributed by atoms with Gasteiger partial charge in [0.15, 0.2) is 0 Å². The Balaban J connectivity index is 2.12. The van der Waals surface area contributed by atoms with Gasteiger partial charge in [-0.05, 0) is 24.6 Å². The average molecular weight is 325 g/mol. The highest BCUT2D eigenvalue weighted by molar-refractivity contribution is 6.35. The Hall–Kier alpha value is -1.85. The number of carbonyl (C=O) groups is 1. The van der Waals surface area contributed by atoms with E-state index in [-0.39, 0.29) is 11.6 Å². The zero-order valence-electron chi connectivity index (χ0n) is 11.4. The van der Waals surface area contributed by atoms with E-state index in [4.69, 9.17) is 23.2 Å². The van der Waals surface area contributed by atoms with Crippen molar-refractivity contribution in [2.24, 2.45) is 0 Å². The zero-order chi connectivity index (χ0) is 15.2. The summed E-state index contributed by atoms with van der Waals surface area (Å²) in [5, 5.41) is 6.70. The minimum atomic E-state index is -0.352. The van der Waals surface area contributed by atoms with E-state index in [1.54, 1.807) is 24.3 Å². The Labute approximate surface area is 132 Å². The molecule has 0 aliphatic heterocycles. The highest BCUT2D eigenvalue weighted by Gasteiger charge is 2.10. The minimum Gasteiger partial charge on any atom is -0.370 e. The van der Waals surface area contributed by atoms with Gasteiger partial charge in [-0.25, -0.2) is 9.97 Å². The summed E-state index contributed by atoms with van der Waals surface area (Å²) in [6.45, 7) is 2.83. The van der Waals surface area contributed by atoms with Crippen molar-refractivity contribution in [3.63, 3.8) is 0 Å². The molecule has 0 spiro atoms. The van der Waals surface area contributed by atoms with Crippen molar-refractivity contribution in [2.45, 2.75) is 13.3 Å². The number of anilines is 2. The molecule has 0 aliphatic carbocycles. The van der Waals surface area contributed by atoms with Crippen LogP contribution < -0.4 is 10.6 Å². The fraction of sp³-hybridized carbons (Fsp3) is 0.214. The van der Waals surface area contributed by atoms with Gasteiger partial charge in [-0.3, -0.25) is 4.79 Å². The van der Waals surface area contributed by atoms with Crippen LogP contribution in [-0.2, 0) is 0 Å². The molecule has 0 aliphatic rings. The van der Waals surface area contributed by atoms with Crippen LogP contribution in [0.3, 0.4) is 0 Å². The maximum Gasteiger partial charge on any atom is 0.274 e. The predicted molar refractivity (Wildman–Crippen MR) is 85.2 cm³/mol. The SMILES string of the molecule is CCCNc1cc(C(=O)Nc2cc(Cl)cc(Cl)c2)ncn1. The lowest BCUT2D eigenvalue weighted by Gasteiger charge is -2.07. The van der Waals surface area contributed by atoms with E-state index >= 15 is 0 Å². The fourth-order valence-corrected chi connectivity index (χ4v) is 2.18. The Morgan fingerprint density at radius 1 is 1.14 bits per heavy atom. The molecule has 2 N–H and O–H groups in total. The quantitative estimate of drug-likeness (QED) is 0.876. The van der Waals surface area contributed by atoms with Crippen molar-refractivity contribution < 1.29 is 4.79 Å². The van der Waals surface area contributed by atoms with E-state index < -0.39 is 0 Å². The smallest absolute Gasteiger partial charge is 0.274 e. The molecule has 2 aromatic rings. The largest absolute Gasteiger partial charge is 0.370 e. The maximum atomic E-state index is 12.1. The molecule has 0 atom stereocenters. The number of carbonyl (C=O) groups excluding carboxylic acids is 1. The van der Waals surface area contributed by atoms with Crippen molar-refractivity contribution in [3.8, 4) is 0 Å². The Bertz CT molecular complexity index is 628. The van der Waals surface area contributed by atoms with Crippen LogP contribution in [-0.4, -0.2) is 22.4 Å². The van der Waals surface area contributed by atoms with Gasteiger partial charge in [0, 0.05) is 28.3 Å². The van der Waals surface area contributed by atoms with Gasteiger partial charge >= 0.3 is 0 Å². The molecule has 110 valence electrons. The summed E-state index contributed by atoms with van der Waals surface area (Å²) in [5.74, 6) is 0.261. The standard InChI is InChI=1S/C14H14Cl2N4O/c1-2-3-17-13-7-12(18-8-19-13)14(21)20-11-5-9(15)4-10(16)6-11/h4-8H,2-3H2,1H3,(H,20,21)(H,17,18,19). The van der Waals surface area contributed by atoms with Crippen LogP contribution in [0.2, 0.25) is 10.0 Å². The lowest BCUT2D eigenvalue weighted by atomic mass is 10.3. The first-order chi connectivity index (χ1) is 10.1. The van der Waals surface area contributed by atoms with Crippen molar-refractivity contribution in [1.82, 2.24) is 9.97 Å². The highest BCUT2D eigenvalue weighted by Crippen LogP contribution is 2.22. The third kappa shape index (κ3) is 4.58. The molecule has 0 saturated heterocycles. The maximum absolute atomic E-state index is 12.1. The van der Waals surface area contributed by atoms with Gasteiger partial charge in [0.2, 0.25) is 0 Å². The van der Waals surface area contributed by atoms with Crippen LogP contribution in [0.4, 0.5) is 11.5 Å². The molecule has 7 heteroatoms. The molecule has 0 bridgehead atoms. The molecular weight excluding hydrogens is 311 g/mol. The summed E-state index contributed by atoms with van der Waals surface area (Å²) >= 11 is 11.8. The van der Waals surface area contributed by atoms with Crippen molar-refractivity contribution >= 4 is 40.6 Å². The van der Waals surface area contributed by atoms with E-state index in [1.807, 2.05) is 6.92 Å². The summed E-state index contributed by atoms with van der Waals surface area (Å²) in [6, 6.07) is 6.42. The van der Waals surface area contributed by atoms with Crippen molar-refractivity contribution in [3.05, 3.63) is 46.3 Å². The van der Waals surface area contributed by atoms with Gasteiger partial charge in [-0.2, -0.15) is 0 Å². The number of rotatable bonds is 5. The summed E-state index contributed by atoms with van der Waals surface area (Å²) in [7, 11) is 0. The molecule has 0 saturated carbocycles. The Kier molecular flexibility index (Phi) is 5.36. The summed E-state index contributed by atoms with van der Waals surface area (Å²) in [5.41, 5.74) is 0.777. The third-order valence-corrected chi connectivity index (χ3v) is 3.01. The topological polar surface area (TPSA) is 66.9 Å². The van der Waals surface area contributed by atoms with Crippen LogP contribution >= 0.6 is 23.2 Å². The monoisotopic (exact) mass is 324 g/mol.